The first kappa shape index (κ1) is 41.7. The number of hydrogen-bond donors (Lipinski definition) is 0. The van der Waals surface area contributed by atoms with Gasteiger partial charge in [0.1, 0.15) is 23.0 Å². The van der Waals surface area contributed by atoms with Gasteiger partial charge in [0.25, 0.3) is 0 Å². The summed E-state index contributed by atoms with van der Waals surface area (Å²) in [6.07, 6.45) is 0.390. The van der Waals surface area contributed by atoms with E-state index >= 15 is 0 Å². The number of benzene rings is 4. The summed E-state index contributed by atoms with van der Waals surface area (Å²) in [4.78, 5) is 0. The molecule has 0 N–H and O–H groups in total. The highest BCUT2D eigenvalue weighted by Gasteiger charge is 2.35. The zero-order chi connectivity index (χ0) is 40.0. The van der Waals surface area contributed by atoms with Crippen LogP contribution in [0.1, 0.15) is 66.5 Å². The van der Waals surface area contributed by atoms with Crippen LogP contribution in [0.2, 0.25) is 0 Å². The van der Waals surface area contributed by atoms with Gasteiger partial charge in [-0.3, -0.25) is 0 Å². The lowest BCUT2D eigenvalue weighted by molar-refractivity contribution is 0.0424. The summed E-state index contributed by atoms with van der Waals surface area (Å²) in [5, 5.41) is 3.84. The summed E-state index contributed by atoms with van der Waals surface area (Å²) < 4.78 is 74.5. The molecule has 4 aromatic carbocycles. The van der Waals surface area contributed by atoms with Crippen molar-refractivity contribution in [2.45, 2.75) is 61.8 Å². The molecule has 4 heterocycles. The van der Waals surface area contributed by atoms with Crippen LogP contribution in [0.15, 0.2) is 60.7 Å². The van der Waals surface area contributed by atoms with Gasteiger partial charge in [0.15, 0.2) is 0 Å². The molecule has 0 radical (unpaired) electrons. The molecule has 4 aliphatic heterocycles. The fourth-order valence-corrected chi connectivity index (χ4v) is 11.8. The minimum atomic E-state index is -1.65. The molecule has 12 nitrogen and oxygen atoms in total. The van der Waals surface area contributed by atoms with Gasteiger partial charge in [-0.25, -0.2) is 0 Å². The van der Waals surface area contributed by atoms with Gasteiger partial charge in [-0.2, -0.15) is 0 Å². The van der Waals surface area contributed by atoms with E-state index in [0.717, 1.165) is 32.7 Å². The molecule has 8 rings (SSSR count). The average Bonchev–Trinajstić information content (AvgIpc) is 3.16. The Morgan fingerprint density at radius 3 is 1.00 bits per heavy atom. The van der Waals surface area contributed by atoms with Gasteiger partial charge in [0.05, 0.1) is 52.9 Å². The van der Waals surface area contributed by atoms with E-state index in [0.29, 0.717) is 82.3 Å². The molecule has 0 unspecified atom stereocenters. The first-order valence-corrected chi connectivity index (χ1v) is 23.5. The molecule has 0 spiro atoms. The summed E-state index contributed by atoms with van der Waals surface area (Å²) in [5.41, 5.74) is 1.42. The maximum atomic E-state index is 6.63. The van der Waals surface area contributed by atoms with Crippen LogP contribution >= 0.6 is 34.4 Å². The minimum absolute atomic E-state index is 0.0753. The normalized spacial score (nSPS) is 23.0. The molecular weight excluding hydrogens is 808 g/mol. The van der Waals surface area contributed by atoms with Crippen molar-refractivity contribution in [3.8, 4) is 23.0 Å². The van der Waals surface area contributed by atoms with Gasteiger partial charge in [0.2, 0.25) is 0 Å². The third-order valence-electron chi connectivity index (χ3n) is 9.67. The second kappa shape index (κ2) is 16.8. The molecule has 0 saturated carbocycles. The predicted molar refractivity (Wildman–Crippen MR) is 224 cm³/mol. The van der Waals surface area contributed by atoms with Crippen molar-refractivity contribution in [2.24, 2.45) is 21.7 Å². The standard InChI is InChI=1S/C41H52O12P4/c1-38(2)20-42-54(43-21-38)50-30-13-9-28-11-15-36(52-56-46-24-40(5,6)25-47-56)34(32(28)17-30)19-35-33-18-31(51-55-44-22-39(3,4)23-45-55)14-10-29(33)12-16-37(35)53-57-48-26-41(7,8)27-49-57/h9-18H,19-27H2,1-8H3. The molecule has 0 bridgehead atoms. The highest BCUT2D eigenvalue weighted by atomic mass is 31.2. The Kier molecular flexibility index (Phi) is 12.3. The van der Waals surface area contributed by atoms with E-state index in [9.17, 15) is 0 Å². The van der Waals surface area contributed by atoms with Gasteiger partial charge in [0, 0.05) is 39.2 Å². The van der Waals surface area contributed by atoms with Crippen molar-refractivity contribution < 1.29 is 54.3 Å². The SMILES string of the molecule is CC1(C)COP(Oc2ccc3ccc(OP4OCC(C)(C)CO4)c(Cc4c(OP5OCC(C)(C)CO5)ccc5ccc(OP6OCC(C)(C)CO6)cc45)c3c2)OC1. The van der Waals surface area contributed by atoms with E-state index in [1.165, 1.54) is 0 Å². The number of fused-ring (bicyclic) bond motifs is 2. The Hall–Kier alpha value is -2.00. The van der Waals surface area contributed by atoms with Crippen molar-refractivity contribution in [3.05, 3.63) is 71.8 Å². The zero-order valence-electron chi connectivity index (χ0n) is 33.8. The molecule has 16 heteroatoms. The molecule has 4 aromatic rings. The Labute approximate surface area is 340 Å². The van der Waals surface area contributed by atoms with Crippen molar-refractivity contribution in [2.75, 3.05) is 52.9 Å². The quantitative estimate of drug-likeness (QED) is 0.142. The van der Waals surface area contributed by atoms with Crippen LogP contribution in [0.3, 0.4) is 0 Å². The first-order chi connectivity index (χ1) is 27.1. The van der Waals surface area contributed by atoms with Crippen molar-refractivity contribution in [1.82, 2.24) is 0 Å². The lowest BCUT2D eigenvalue weighted by atomic mass is 9.93. The van der Waals surface area contributed by atoms with Crippen molar-refractivity contribution in [3.63, 3.8) is 0 Å². The Morgan fingerprint density at radius 1 is 0.404 bits per heavy atom. The second-order valence-corrected chi connectivity index (χ2v) is 22.7. The summed E-state index contributed by atoms with van der Waals surface area (Å²) in [7, 11) is -6.43. The molecule has 4 fully saturated rings. The van der Waals surface area contributed by atoms with Crippen LogP contribution < -0.4 is 18.1 Å². The van der Waals surface area contributed by atoms with E-state index < -0.39 is 34.4 Å². The van der Waals surface area contributed by atoms with E-state index in [4.69, 9.17) is 54.3 Å². The topological polar surface area (TPSA) is 111 Å². The monoisotopic (exact) mass is 860 g/mol. The van der Waals surface area contributed by atoms with Crippen LogP contribution in [0.4, 0.5) is 0 Å². The minimum Gasteiger partial charge on any atom is -0.427 e. The smallest absolute Gasteiger partial charge is 0.397 e. The fourth-order valence-electron chi connectivity index (χ4n) is 6.19. The molecule has 4 aliphatic rings. The highest BCUT2D eigenvalue weighted by Crippen LogP contribution is 2.53. The lowest BCUT2D eigenvalue weighted by Crippen LogP contribution is -2.29. The maximum Gasteiger partial charge on any atom is 0.397 e. The molecule has 57 heavy (non-hydrogen) atoms. The average molecular weight is 861 g/mol. The Morgan fingerprint density at radius 2 is 0.684 bits per heavy atom. The zero-order valence-corrected chi connectivity index (χ0v) is 37.4. The predicted octanol–water partition coefficient (Wildman–Crippen LogP) is 12.3. The first-order valence-electron chi connectivity index (χ1n) is 19.1. The molecule has 308 valence electrons. The second-order valence-electron chi connectivity index (χ2n) is 18.1. The van der Waals surface area contributed by atoms with E-state index in [1.807, 2.05) is 60.7 Å². The van der Waals surface area contributed by atoms with Crippen molar-refractivity contribution in [1.29, 1.82) is 0 Å². The van der Waals surface area contributed by atoms with Gasteiger partial charge in [-0.15, -0.1) is 0 Å². The lowest BCUT2D eigenvalue weighted by Gasteiger charge is -2.33. The molecular formula is C41H52O12P4. The van der Waals surface area contributed by atoms with Gasteiger partial charge in [-0.05, 0) is 57.9 Å². The summed E-state index contributed by atoms with van der Waals surface area (Å²) in [5.74, 6) is 2.52. The third kappa shape index (κ3) is 10.5. The molecule has 4 saturated heterocycles. The van der Waals surface area contributed by atoms with Crippen LogP contribution in [-0.4, -0.2) is 52.9 Å². The van der Waals surface area contributed by atoms with Crippen LogP contribution in [0.5, 0.6) is 23.0 Å². The Bertz CT molecular complexity index is 1880. The van der Waals surface area contributed by atoms with Crippen molar-refractivity contribution >= 4 is 56.0 Å². The van der Waals surface area contributed by atoms with E-state index in [2.05, 4.69) is 55.4 Å². The largest absolute Gasteiger partial charge is 0.427 e. The van der Waals surface area contributed by atoms with Gasteiger partial charge >= 0.3 is 34.4 Å². The van der Waals surface area contributed by atoms with E-state index in [-0.39, 0.29) is 21.7 Å². The maximum absolute atomic E-state index is 6.63. The highest BCUT2D eigenvalue weighted by molar-refractivity contribution is 7.43. The Balaban J connectivity index is 1.19. The fraction of sp³-hybridized carbons (Fsp3) is 0.512. The third-order valence-corrected chi connectivity index (χ3v) is 13.8. The summed E-state index contributed by atoms with van der Waals surface area (Å²) >= 11 is 0. The van der Waals surface area contributed by atoms with Crippen LogP contribution in [0.25, 0.3) is 21.5 Å². The molecule has 0 amide bonds. The molecule has 0 aliphatic carbocycles. The van der Waals surface area contributed by atoms with Crippen LogP contribution in [0, 0.1) is 21.7 Å². The summed E-state index contributed by atoms with van der Waals surface area (Å²) in [6.45, 7) is 21.2. The van der Waals surface area contributed by atoms with Gasteiger partial charge in [-0.1, -0.05) is 79.7 Å². The van der Waals surface area contributed by atoms with Gasteiger partial charge < -0.3 is 54.3 Å². The van der Waals surface area contributed by atoms with E-state index in [1.54, 1.807) is 0 Å². The number of rotatable bonds is 10. The molecule has 0 aromatic heterocycles. The summed E-state index contributed by atoms with van der Waals surface area (Å²) in [6, 6.07) is 20.0. The molecule has 0 atom stereocenters. The number of hydrogen-bond acceptors (Lipinski definition) is 12. The van der Waals surface area contributed by atoms with Crippen LogP contribution in [-0.2, 0) is 42.6 Å².